The number of methoxy groups -OCH3 is 2. The number of fused-ring (bicyclic) bond motifs is 3. The molecule has 3 aliphatic rings. The molecule has 0 radical (unpaired) electrons. The summed E-state index contributed by atoms with van der Waals surface area (Å²) in [5.74, 6) is -9.09. The van der Waals surface area contributed by atoms with Crippen LogP contribution in [0.5, 0.6) is 0 Å². The number of likely N-dealkylation sites (tertiary alicyclic amines) is 2. The summed E-state index contributed by atoms with van der Waals surface area (Å²) in [5.41, 5.74) is -0.698. The second-order valence-electron chi connectivity index (χ2n) is 16.9. The molecule has 2 aromatic carbocycles. The fraction of sp³-hybridized carbons (Fsp3) is 0.523. The van der Waals surface area contributed by atoms with Crippen molar-refractivity contribution in [1.29, 1.82) is 0 Å². The van der Waals surface area contributed by atoms with Crippen LogP contribution in [0.25, 0.3) is 33.6 Å². The molecule has 1 unspecified atom stereocenters. The maximum Gasteiger partial charge on any atom is 0.407 e. The van der Waals surface area contributed by atoms with E-state index in [-0.39, 0.29) is 53.2 Å². The van der Waals surface area contributed by atoms with E-state index < -0.39 is 65.6 Å². The Morgan fingerprint density at radius 2 is 1.35 bits per heavy atom. The number of nitrogens with zero attached hydrogens (tertiary/aromatic N) is 4. The number of imidazole rings is 2. The number of halogens is 4. The molecule has 0 spiro atoms. The maximum absolute atomic E-state index is 16.2. The largest absolute Gasteiger partial charge is 0.453 e. The molecule has 2 aromatic heterocycles. The van der Waals surface area contributed by atoms with E-state index >= 15 is 17.6 Å². The van der Waals surface area contributed by atoms with E-state index in [1.165, 1.54) is 38.7 Å². The predicted octanol–water partition coefficient (Wildman–Crippen LogP) is 7.23. The zero-order valence-electron chi connectivity index (χ0n) is 36.0. The minimum Gasteiger partial charge on any atom is -0.453 e. The van der Waals surface area contributed by atoms with Gasteiger partial charge < -0.3 is 44.8 Å². The van der Waals surface area contributed by atoms with Crippen molar-refractivity contribution < 1.29 is 51.3 Å². The molecular formula is C44H54F4N8O7. The summed E-state index contributed by atoms with van der Waals surface area (Å²) in [7, 11) is 2.70. The van der Waals surface area contributed by atoms with Crippen LogP contribution in [0.3, 0.4) is 0 Å². The topological polar surface area (TPSA) is 187 Å². The maximum atomic E-state index is 16.2. The Morgan fingerprint density at radius 1 is 0.794 bits per heavy atom. The molecule has 2 fully saturated rings. The number of aromatic nitrogens is 4. The summed E-state index contributed by atoms with van der Waals surface area (Å²) in [6.07, 6.45) is 2.87. The zero-order chi connectivity index (χ0) is 45.4. The van der Waals surface area contributed by atoms with Crippen LogP contribution in [0, 0.1) is 11.8 Å². The van der Waals surface area contributed by atoms with Crippen LogP contribution in [-0.4, -0.2) is 112 Å². The lowest BCUT2D eigenvalue weighted by molar-refractivity contribution is -0.225. The molecule has 2 saturated heterocycles. The van der Waals surface area contributed by atoms with E-state index in [1.54, 1.807) is 35.8 Å². The van der Waals surface area contributed by atoms with E-state index in [4.69, 9.17) is 14.2 Å². The van der Waals surface area contributed by atoms with Crippen LogP contribution in [0.15, 0.2) is 48.8 Å². The Morgan fingerprint density at radius 3 is 1.89 bits per heavy atom. The molecule has 1 aliphatic carbocycles. The van der Waals surface area contributed by atoms with Crippen LogP contribution in [-0.2, 0) is 30.9 Å². The van der Waals surface area contributed by atoms with Crippen LogP contribution in [0.2, 0.25) is 0 Å². The highest BCUT2D eigenvalue weighted by Crippen LogP contribution is 2.58. The zero-order valence-corrected chi connectivity index (χ0v) is 36.0. The minimum atomic E-state index is -4.60. The summed E-state index contributed by atoms with van der Waals surface area (Å²) in [5, 5.41) is 16.8. The predicted molar refractivity (Wildman–Crippen MR) is 222 cm³/mol. The van der Waals surface area contributed by atoms with Crippen molar-refractivity contribution in [2.24, 2.45) is 11.8 Å². The lowest BCUT2D eigenvalue weighted by Crippen LogP contribution is -2.54. The number of benzene rings is 2. The van der Waals surface area contributed by atoms with E-state index in [0.29, 0.717) is 61.8 Å². The first kappa shape index (κ1) is 45.5. The number of hydrogen-bond acceptors (Lipinski definition) is 10. The van der Waals surface area contributed by atoms with Crippen LogP contribution < -0.4 is 10.6 Å². The lowest BCUT2D eigenvalue weighted by atomic mass is 9.79. The summed E-state index contributed by atoms with van der Waals surface area (Å²) in [4.78, 5) is 56.8. The van der Waals surface area contributed by atoms with E-state index in [9.17, 15) is 19.5 Å². The van der Waals surface area contributed by atoms with Crippen molar-refractivity contribution in [3.63, 3.8) is 0 Å². The molecular weight excluding hydrogens is 829 g/mol. The first-order valence-electron chi connectivity index (χ1n) is 21.1. The van der Waals surface area contributed by atoms with Gasteiger partial charge in [-0.2, -0.15) is 17.6 Å². The molecule has 4 aromatic rings. The quantitative estimate of drug-likeness (QED) is 0.0639. The number of alkyl carbamates (subject to hydrolysis) is 2. The number of amides is 3. The van der Waals surface area contributed by atoms with E-state index in [2.05, 4.69) is 30.6 Å². The molecule has 15 nitrogen and oxygen atoms in total. The number of hydrogen-bond donors (Lipinski definition) is 5. The van der Waals surface area contributed by atoms with Gasteiger partial charge in [0, 0.05) is 42.5 Å². The molecule has 19 heteroatoms. The number of aliphatic hydroxyl groups excluding tert-OH is 1. The smallest absolute Gasteiger partial charge is 0.407 e. The SMILES string of the molecule is COCCOC(=O)N[C@@H](C(C)C)C(O)N1CCC[C@H]1c1ncc(-c2ccc3c(c2)C(F)(F)C(F)(F)c2cc(-c4cnc([C@@H]5CCCN5C(=O)[C@@H](NC(=O)OC)C(C)C)[nH]4)ccc2-3)[nH]1. The molecule has 7 rings (SSSR count). The van der Waals surface area contributed by atoms with Gasteiger partial charge in [0.1, 0.15) is 30.5 Å². The summed E-state index contributed by atoms with van der Waals surface area (Å²) in [6.45, 7) is 8.48. The van der Waals surface area contributed by atoms with Gasteiger partial charge in [-0.25, -0.2) is 19.6 Å². The number of carbonyl (C=O) groups is 3. The Labute approximate surface area is 362 Å². The first-order chi connectivity index (χ1) is 30.0. The molecule has 0 bridgehead atoms. The van der Waals surface area contributed by atoms with Gasteiger partial charge in [-0.05, 0) is 60.8 Å². The molecule has 3 amide bonds. The van der Waals surface area contributed by atoms with Gasteiger partial charge in [-0.1, -0.05) is 52.0 Å². The second kappa shape index (κ2) is 18.3. The van der Waals surface area contributed by atoms with E-state index in [1.807, 2.05) is 13.8 Å². The number of carbonyl (C=O) groups excluding carboxylic acids is 3. The van der Waals surface area contributed by atoms with Crippen LogP contribution >= 0.6 is 0 Å². The fourth-order valence-corrected chi connectivity index (χ4v) is 8.84. The number of nitrogens with one attached hydrogen (secondary N) is 4. The number of H-pyrrole nitrogens is 2. The van der Waals surface area contributed by atoms with Crippen molar-refractivity contribution in [1.82, 2.24) is 40.4 Å². The van der Waals surface area contributed by atoms with Crippen LogP contribution in [0.4, 0.5) is 27.2 Å². The molecule has 5 atom stereocenters. The van der Waals surface area contributed by atoms with Crippen molar-refractivity contribution in [3.05, 3.63) is 71.6 Å². The average molecular weight is 883 g/mol. The van der Waals surface area contributed by atoms with Gasteiger partial charge in [0.15, 0.2) is 0 Å². The third-order valence-electron chi connectivity index (χ3n) is 12.3. The van der Waals surface area contributed by atoms with Crippen molar-refractivity contribution in [2.45, 2.75) is 95.6 Å². The van der Waals surface area contributed by atoms with Gasteiger partial charge in [0.2, 0.25) is 5.91 Å². The molecule has 0 saturated carbocycles. The summed E-state index contributed by atoms with van der Waals surface area (Å²) >= 11 is 0. The minimum absolute atomic E-state index is 0.0419. The summed E-state index contributed by atoms with van der Waals surface area (Å²) in [6, 6.07) is 5.60. The van der Waals surface area contributed by atoms with Gasteiger partial charge in [0.05, 0.1) is 55.6 Å². The molecule has 340 valence electrons. The highest BCUT2D eigenvalue weighted by atomic mass is 19.3. The normalized spacial score (nSPS) is 20.6. The third kappa shape index (κ3) is 8.74. The fourth-order valence-electron chi connectivity index (χ4n) is 8.84. The Kier molecular flexibility index (Phi) is 13.2. The van der Waals surface area contributed by atoms with Crippen molar-refractivity contribution >= 4 is 18.1 Å². The molecule has 2 aliphatic heterocycles. The monoisotopic (exact) mass is 882 g/mol. The number of aliphatic hydroxyl groups is 1. The lowest BCUT2D eigenvalue weighted by Gasteiger charge is -2.36. The standard InChI is InChI=1S/C44H54F4N8O7/c1-23(2)35(53-41(59)62-6)39(57)55-15-7-9-33(55)37-49-21-31(51-37)25-11-13-27-28-14-12-26(20-30(28)44(47,48)43(45,46)29(27)19-25)32-22-50-38(52-32)34-10-8-16-56(34)40(58)36(24(3)4)54-42(60)63-18-17-61-5/h11-14,19-24,33-36,40,58H,7-10,15-18H2,1-6H3,(H,49,51)(H,50,52)(H,53,59)(H,54,60)/t33-,34-,35-,36-,40?/m0/s1. The highest BCUT2D eigenvalue weighted by Gasteiger charge is 2.63. The number of alkyl halides is 4. The van der Waals surface area contributed by atoms with E-state index in [0.717, 1.165) is 12.1 Å². The Bertz CT molecular complexity index is 2300. The van der Waals surface area contributed by atoms with Crippen molar-refractivity contribution in [3.8, 4) is 33.6 Å². The highest BCUT2D eigenvalue weighted by molar-refractivity contribution is 5.86. The van der Waals surface area contributed by atoms with Gasteiger partial charge in [0.25, 0.3) is 0 Å². The first-order valence-corrected chi connectivity index (χ1v) is 21.1. The molecule has 63 heavy (non-hydrogen) atoms. The number of aromatic amines is 2. The molecule has 5 N–H and O–H groups in total. The Balaban J connectivity index is 1.11. The van der Waals surface area contributed by atoms with Gasteiger partial charge in [-0.3, -0.25) is 9.69 Å². The number of rotatable bonds is 14. The molecule has 4 heterocycles. The number of ether oxygens (including phenoxy) is 3. The van der Waals surface area contributed by atoms with Gasteiger partial charge in [-0.15, -0.1) is 0 Å². The average Bonchev–Trinajstić information content (AvgIpc) is 4.10. The third-order valence-corrected chi connectivity index (χ3v) is 12.3. The second-order valence-corrected chi connectivity index (χ2v) is 16.9. The van der Waals surface area contributed by atoms with Gasteiger partial charge >= 0.3 is 24.0 Å². The Hall–Kier alpha value is -5.53. The van der Waals surface area contributed by atoms with Crippen LogP contribution in [0.1, 0.15) is 88.2 Å². The van der Waals surface area contributed by atoms with Crippen molar-refractivity contribution in [2.75, 3.05) is 40.5 Å². The summed E-state index contributed by atoms with van der Waals surface area (Å²) < 4.78 is 79.5.